The van der Waals surface area contributed by atoms with E-state index in [9.17, 15) is 8.78 Å². The van der Waals surface area contributed by atoms with Gasteiger partial charge in [-0.3, -0.25) is 0 Å². The summed E-state index contributed by atoms with van der Waals surface area (Å²) in [6.07, 6.45) is 2.08. The van der Waals surface area contributed by atoms with E-state index in [1.165, 1.54) is 5.56 Å². The first-order chi connectivity index (χ1) is 9.11. The SMILES string of the molecule is CCCc1ccc(C(N)c2cc(F)ccc2F)cc1. The summed E-state index contributed by atoms with van der Waals surface area (Å²) >= 11 is 0. The van der Waals surface area contributed by atoms with E-state index in [4.69, 9.17) is 5.73 Å². The van der Waals surface area contributed by atoms with Crippen LogP contribution in [-0.2, 0) is 6.42 Å². The number of halogens is 2. The summed E-state index contributed by atoms with van der Waals surface area (Å²) in [7, 11) is 0. The molecule has 3 heteroatoms. The first kappa shape index (κ1) is 13.7. The number of aryl methyl sites for hydroxylation is 1. The summed E-state index contributed by atoms with van der Waals surface area (Å²) in [6, 6.07) is 10.4. The number of rotatable bonds is 4. The van der Waals surface area contributed by atoms with Crippen molar-refractivity contribution in [1.82, 2.24) is 0 Å². The first-order valence-electron chi connectivity index (χ1n) is 6.41. The smallest absolute Gasteiger partial charge is 0.128 e. The van der Waals surface area contributed by atoms with E-state index < -0.39 is 17.7 Å². The number of benzene rings is 2. The second kappa shape index (κ2) is 5.93. The molecule has 2 N–H and O–H groups in total. The first-order valence-corrected chi connectivity index (χ1v) is 6.41. The van der Waals surface area contributed by atoms with Crippen molar-refractivity contribution < 1.29 is 8.78 Å². The van der Waals surface area contributed by atoms with Gasteiger partial charge in [-0.1, -0.05) is 37.6 Å². The minimum atomic E-state index is -0.647. The van der Waals surface area contributed by atoms with Crippen molar-refractivity contribution in [2.24, 2.45) is 5.73 Å². The topological polar surface area (TPSA) is 26.0 Å². The van der Waals surface area contributed by atoms with Gasteiger partial charge in [0.05, 0.1) is 6.04 Å². The lowest BCUT2D eigenvalue weighted by Gasteiger charge is -2.14. The molecule has 0 amide bonds. The van der Waals surface area contributed by atoms with Gasteiger partial charge in [-0.2, -0.15) is 0 Å². The molecule has 2 aromatic carbocycles. The van der Waals surface area contributed by atoms with Crippen LogP contribution >= 0.6 is 0 Å². The Morgan fingerprint density at radius 3 is 2.37 bits per heavy atom. The average Bonchev–Trinajstić information content (AvgIpc) is 2.42. The number of hydrogen-bond donors (Lipinski definition) is 1. The molecule has 0 saturated carbocycles. The molecule has 0 aliphatic rings. The van der Waals surface area contributed by atoms with Gasteiger partial charge >= 0.3 is 0 Å². The van der Waals surface area contributed by atoms with Gasteiger partial charge in [0.25, 0.3) is 0 Å². The van der Waals surface area contributed by atoms with Crippen LogP contribution in [-0.4, -0.2) is 0 Å². The Morgan fingerprint density at radius 1 is 1.05 bits per heavy atom. The Bertz CT molecular complexity index is 549. The molecule has 0 aromatic heterocycles. The third-order valence-electron chi connectivity index (χ3n) is 3.17. The van der Waals surface area contributed by atoms with Crippen molar-refractivity contribution in [3.05, 3.63) is 70.8 Å². The van der Waals surface area contributed by atoms with Crippen molar-refractivity contribution in [3.63, 3.8) is 0 Å². The Labute approximate surface area is 112 Å². The van der Waals surface area contributed by atoms with Gasteiger partial charge in [-0.05, 0) is 35.7 Å². The van der Waals surface area contributed by atoms with E-state index >= 15 is 0 Å². The minimum Gasteiger partial charge on any atom is -0.320 e. The highest BCUT2D eigenvalue weighted by molar-refractivity contribution is 5.34. The highest BCUT2D eigenvalue weighted by Gasteiger charge is 2.14. The summed E-state index contributed by atoms with van der Waals surface area (Å²) in [4.78, 5) is 0. The van der Waals surface area contributed by atoms with Crippen LogP contribution < -0.4 is 5.73 Å². The van der Waals surface area contributed by atoms with E-state index in [-0.39, 0.29) is 5.56 Å². The predicted octanol–water partition coefficient (Wildman–Crippen LogP) is 3.97. The van der Waals surface area contributed by atoms with Crippen molar-refractivity contribution in [1.29, 1.82) is 0 Å². The Morgan fingerprint density at radius 2 is 1.74 bits per heavy atom. The molecule has 19 heavy (non-hydrogen) atoms. The Kier molecular flexibility index (Phi) is 4.27. The molecule has 2 rings (SSSR count). The molecule has 0 fully saturated rings. The molecule has 100 valence electrons. The normalized spacial score (nSPS) is 12.4. The molecule has 1 nitrogen and oxygen atoms in total. The standard InChI is InChI=1S/C16H17F2N/c1-2-3-11-4-6-12(7-5-11)16(19)14-10-13(17)8-9-15(14)18/h4-10,16H,2-3,19H2,1H3. The van der Waals surface area contributed by atoms with E-state index in [0.29, 0.717) is 0 Å². The molecule has 0 heterocycles. The fourth-order valence-electron chi connectivity index (χ4n) is 2.11. The zero-order valence-corrected chi connectivity index (χ0v) is 10.9. The molecule has 0 bridgehead atoms. The van der Waals surface area contributed by atoms with Gasteiger partial charge in [0, 0.05) is 5.56 Å². The fraction of sp³-hybridized carbons (Fsp3) is 0.250. The molecule has 1 atom stereocenters. The molecule has 0 saturated heterocycles. The maximum atomic E-state index is 13.7. The monoisotopic (exact) mass is 261 g/mol. The van der Waals surface area contributed by atoms with E-state index in [2.05, 4.69) is 6.92 Å². The predicted molar refractivity (Wildman–Crippen MR) is 72.8 cm³/mol. The molecule has 2 aromatic rings. The fourth-order valence-corrected chi connectivity index (χ4v) is 2.11. The average molecular weight is 261 g/mol. The highest BCUT2D eigenvalue weighted by Crippen LogP contribution is 2.23. The van der Waals surface area contributed by atoms with E-state index in [1.807, 2.05) is 24.3 Å². The number of hydrogen-bond acceptors (Lipinski definition) is 1. The second-order valence-corrected chi connectivity index (χ2v) is 4.64. The summed E-state index contributed by atoms with van der Waals surface area (Å²) in [6.45, 7) is 2.11. The maximum absolute atomic E-state index is 13.7. The quantitative estimate of drug-likeness (QED) is 0.885. The zero-order chi connectivity index (χ0) is 13.8. The third kappa shape index (κ3) is 3.18. The Balaban J connectivity index is 2.27. The van der Waals surface area contributed by atoms with Crippen molar-refractivity contribution in [3.8, 4) is 0 Å². The zero-order valence-electron chi connectivity index (χ0n) is 10.9. The van der Waals surface area contributed by atoms with E-state index in [0.717, 1.165) is 36.6 Å². The highest BCUT2D eigenvalue weighted by atomic mass is 19.1. The van der Waals surface area contributed by atoms with Crippen LogP contribution in [0.2, 0.25) is 0 Å². The minimum absolute atomic E-state index is 0.184. The molecule has 0 aliphatic carbocycles. The third-order valence-corrected chi connectivity index (χ3v) is 3.17. The second-order valence-electron chi connectivity index (χ2n) is 4.64. The van der Waals surface area contributed by atoms with Crippen LogP contribution in [0.15, 0.2) is 42.5 Å². The molecule has 1 unspecified atom stereocenters. The summed E-state index contributed by atoms with van der Waals surface area (Å²) in [5.74, 6) is -0.957. The van der Waals surface area contributed by atoms with Crippen molar-refractivity contribution >= 4 is 0 Å². The van der Waals surface area contributed by atoms with Gasteiger partial charge < -0.3 is 5.73 Å². The van der Waals surface area contributed by atoms with Crippen molar-refractivity contribution in [2.45, 2.75) is 25.8 Å². The van der Waals surface area contributed by atoms with Gasteiger partial charge in [-0.25, -0.2) is 8.78 Å². The Hall–Kier alpha value is -1.74. The molecule has 0 spiro atoms. The van der Waals surface area contributed by atoms with Gasteiger partial charge in [0.15, 0.2) is 0 Å². The summed E-state index contributed by atoms with van der Waals surface area (Å²) in [5.41, 5.74) is 8.19. The molecular weight excluding hydrogens is 244 g/mol. The maximum Gasteiger partial charge on any atom is 0.128 e. The molecular formula is C16H17F2N. The van der Waals surface area contributed by atoms with Gasteiger partial charge in [0.1, 0.15) is 11.6 Å². The van der Waals surface area contributed by atoms with Crippen LogP contribution in [0, 0.1) is 11.6 Å². The largest absolute Gasteiger partial charge is 0.320 e. The summed E-state index contributed by atoms with van der Waals surface area (Å²) < 4.78 is 26.8. The van der Waals surface area contributed by atoms with Crippen LogP contribution in [0.3, 0.4) is 0 Å². The lowest BCUT2D eigenvalue weighted by Crippen LogP contribution is -2.14. The van der Waals surface area contributed by atoms with Crippen molar-refractivity contribution in [2.75, 3.05) is 0 Å². The van der Waals surface area contributed by atoms with Crippen LogP contribution in [0.25, 0.3) is 0 Å². The molecule has 0 radical (unpaired) electrons. The van der Waals surface area contributed by atoms with Crippen LogP contribution in [0.1, 0.15) is 36.1 Å². The lowest BCUT2D eigenvalue weighted by molar-refractivity contribution is 0.576. The van der Waals surface area contributed by atoms with Crippen LogP contribution in [0.4, 0.5) is 8.78 Å². The van der Waals surface area contributed by atoms with Crippen LogP contribution in [0.5, 0.6) is 0 Å². The molecule has 0 aliphatic heterocycles. The van der Waals surface area contributed by atoms with E-state index in [1.54, 1.807) is 0 Å². The van der Waals surface area contributed by atoms with Gasteiger partial charge in [-0.15, -0.1) is 0 Å². The van der Waals surface area contributed by atoms with Gasteiger partial charge in [0.2, 0.25) is 0 Å². The summed E-state index contributed by atoms with van der Waals surface area (Å²) in [5, 5.41) is 0. The lowest BCUT2D eigenvalue weighted by atomic mass is 9.97. The number of nitrogens with two attached hydrogens (primary N) is 1.